The summed E-state index contributed by atoms with van der Waals surface area (Å²) in [4.78, 5) is 13.2. The van der Waals surface area contributed by atoms with Gasteiger partial charge in [0.1, 0.15) is 5.75 Å². The van der Waals surface area contributed by atoms with E-state index in [-0.39, 0.29) is 23.8 Å². The molecular formula is C14H14N2O2. The number of ether oxygens (including phenoxy) is 1. The molecule has 2 unspecified atom stereocenters. The van der Waals surface area contributed by atoms with E-state index < -0.39 is 0 Å². The highest BCUT2D eigenvalue weighted by molar-refractivity contribution is 5.97. The van der Waals surface area contributed by atoms with E-state index in [4.69, 9.17) is 10.00 Å². The summed E-state index contributed by atoms with van der Waals surface area (Å²) in [6, 6.07) is 8.19. The quantitative estimate of drug-likeness (QED) is 0.755. The Bertz CT molecular complexity index is 576. The van der Waals surface area contributed by atoms with Gasteiger partial charge in [-0.1, -0.05) is 13.0 Å². The van der Waals surface area contributed by atoms with Gasteiger partial charge < -0.3 is 9.64 Å². The van der Waals surface area contributed by atoms with Gasteiger partial charge in [0, 0.05) is 12.5 Å². The maximum atomic E-state index is 11.6. The number of fused-ring (bicyclic) bond motifs is 1. The van der Waals surface area contributed by atoms with Crippen LogP contribution < -0.4 is 9.64 Å². The monoisotopic (exact) mass is 242 g/mol. The van der Waals surface area contributed by atoms with Crippen LogP contribution in [0.3, 0.4) is 0 Å². The van der Waals surface area contributed by atoms with E-state index in [0.717, 1.165) is 23.4 Å². The van der Waals surface area contributed by atoms with Crippen LogP contribution >= 0.6 is 0 Å². The molecule has 2 aliphatic rings. The Morgan fingerprint density at radius 3 is 3.00 bits per heavy atom. The van der Waals surface area contributed by atoms with Crippen molar-refractivity contribution in [1.29, 1.82) is 5.26 Å². The van der Waals surface area contributed by atoms with E-state index in [0.29, 0.717) is 0 Å². The zero-order valence-electron chi connectivity index (χ0n) is 10.4. The third-order valence-electron chi connectivity index (χ3n) is 4.10. The summed E-state index contributed by atoms with van der Waals surface area (Å²) in [6.07, 6.45) is 0.890. The summed E-state index contributed by atoms with van der Waals surface area (Å²) in [6.45, 7) is 2.19. The van der Waals surface area contributed by atoms with Crippen molar-refractivity contribution in [3.63, 3.8) is 0 Å². The molecule has 4 nitrogen and oxygen atoms in total. The molecule has 18 heavy (non-hydrogen) atoms. The van der Waals surface area contributed by atoms with Gasteiger partial charge in [-0.3, -0.25) is 4.79 Å². The summed E-state index contributed by atoms with van der Waals surface area (Å²) in [5.41, 5.74) is 1.84. The number of carbonyl (C=O) groups excluding carboxylic acids is 1. The zero-order chi connectivity index (χ0) is 12.9. The highest BCUT2D eigenvalue weighted by atomic mass is 16.5. The molecule has 3 rings (SSSR count). The van der Waals surface area contributed by atoms with Crippen molar-refractivity contribution >= 4 is 11.6 Å². The topological polar surface area (TPSA) is 53.3 Å². The Labute approximate surface area is 106 Å². The summed E-state index contributed by atoms with van der Waals surface area (Å²) in [7, 11) is 1.75. The van der Waals surface area contributed by atoms with E-state index in [1.807, 2.05) is 18.2 Å². The van der Waals surface area contributed by atoms with Gasteiger partial charge in [-0.15, -0.1) is 0 Å². The molecular weight excluding hydrogens is 228 g/mol. The van der Waals surface area contributed by atoms with Gasteiger partial charge in [0.25, 0.3) is 5.91 Å². The van der Waals surface area contributed by atoms with E-state index in [2.05, 4.69) is 13.0 Å². The Balaban J connectivity index is 2.02. The summed E-state index contributed by atoms with van der Waals surface area (Å²) >= 11 is 0. The molecule has 0 N–H and O–H groups in total. The van der Waals surface area contributed by atoms with Gasteiger partial charge in [-0.2, -0.15) is 5.26 Å². The van der Waals surface area contributed by atoms with Gasteiger partial charge in [0.15, 0.2) is 6.61 Å². The molecule has 92 valence electrons. The first-order chi connectivity index (χ1) is 8.56. The molecule has 2 atom stereocenters. The molecule has 1 fully saturated rings. The number of hydrogen-bond donors (Lipinski definition) is 0. The molecule has 4 heteroatoms. The molecule has 1 aliphatic carbocycles. The van der Waals surface area contributed by atoms with Crippen molar-refractivity contribution in [2.75, 3.05) is 18.6 Å². The summed E-state index contributed by atoms with van der Waals surface area (Å²) in [5, 5.41) is 9.00. The van der Waals surface area contributed by atoms with Crippen LogP contribution in [-0.4, -0.2) is 19.6 Å². The molecule has 1 aromatic rings. The molecule has 0 spiro atoms. The Morgan fingerprint density at radius 2 is 2.33 bits per heavy atom. The lowest BCUT2D eigenvalue weighted by Crippen LogP contribution is -2.35. The third kappa shape index (κ3) is 1.40. The number of likely N-dealkylation sites (N-methyl/N-ethyl adjacent to an activating group) is 1. The molecule has 1 aromatic carbocycles. The molecule has 0 bridgehead atoms. The lowest BCUT2D eigenvalue weighted by Gasteiger charge is -2.27. The highest BCUT2D eigenvalue weighted by Gasteiger charge is 2.52. The third-order valence-corrected chi connectivity index (χ3v) is 4.10. The smallest absolute Gasteiger partial charge is 0.264 e. The predicted octanol–water partition coefficient (Wildman–Crippen LogP) is 1.84. The normalized spacial score (nSPS) is 29.3. The molecule has 1 saturated carbocycles. The number of hydrogen-bond acceptors (Lipinski definition) is 3. The van der Waals surface area contributed by atoms with E-state index in [9.17, 15) is 4.79 Å². The SMILES string of the molecule is CN1C(=O)COc2ccc(C3(C)CC3C#N)cc21. The van der Waals surface area contributed by atoms with Gasteiger partial charge >= 0.3 is 0 Å². The fraction of sp³-hybridized carbons (Fsp3) is 0.429. The van der Waals surface area contributed by atoms with E-state index in [1.54, 1.807) is 11.9 Å². The number of benzene rings is 1. The van der Waals surface area contributed by atoms with Crippen molar-refractivity contribution in [2.45, 2.75) is 18.8 Å². The van der Waals surface area contributed by atoms with Crippen molar-refractivity contribution in [2.24, 2.45) is 5.92 Å². The summed E-state index contributed by atoms with van der Waals surface area (Å²) in [5.74, 6) is 0.775. The predicted molar refractivity (Wildman–Crippen MR) is 66.4 cm³/mol. The fourth-order valence-corrected chi connectivity index (χ4v) is 2.50. The standard InChI is InChI=1S/C14H14N2O2/c1-14(6-10(14)7-15)9-3-4-12-11(5-9)16(2)13(17)8-18-12/h3-5,10H,6,8H2,1-2H3. The number of nitriles is 1. The average molecular weight is 242 g/mol. The zero-order valence-corrected chi connectivity index (χ0v) is 10.4. The number of nitrogens with zero attached hydrogens (tertiary/aromatic N) is 2. The molecule has 0 saturated heterocycles. The number of rotatable bonds is 1. The largest absolute Gasteiger partial charge is 0.482 e. The number of carbonyl (C=O) groups is 1. The van der Waals surface area contributed by atoms with Crippen molar-refractivity contribution in [3.05, 3.63) is 23.8 Å². The van der Waals surface area contributed by atoms with Gasteiger partial charge in [0.05, 0.1) is 17.7 Å². The molecule has 1 aliphatic heterocycles. The van der Waals surface area contributed by atoms with Crippen LogP contribution in [0, 0.1) is 17.2 Å². The first-order valence-electron chi connectivity index (χ1n) is 6.00. The maximum Gasteiger partial charge on any atom is 0.264 e. The highest BCUT2D eigenvalue weighted by Crippen LogP contribution is 2.54. The van der Waals surface area contributed by atoms with Gasteiger partial charge in [0.2, 0.25) is 0 Å². The van der Waals surface area contributed by atoms with E-state index in [1.165, 1.54) is 0 Å². The minimum Gasteiger partial charge on any atom is -0.482 e. The van der Waals surface area contributed by atoms with E-state index >= 15 is 0 Å². The number of amides is 1. The minimum absolute atomic E-state index is 0.0440. The molecule has 1 amide bonds. The second kappa shape index (κ2) is 3.49. The lowest BCUT2D eigenvalue weighted by atomic mass is 9.94. The maximum absolute atomic E-state index is 11.6. The molecule has 1 heterocycles. The Kier molecular flexibility index (Phi) is 2.15. The summed E-state index contributed by atoms with van der Waals surface area (Å²) < 4.78 is 5.39. The molecule has 0 aromatic heterocycles. The van der Waals surface area contributed by atoms with Crippen LogP contribution in [0.5, 0.6) is 5.75 Å². The Morgan fingerprint density at radius 1 is 1.56 bits per heavy atom. The first-order valence-corrected chi connectivity index (χ1v) is 6.00. The first kappa shape index (κ1) is 11.1. The number of anilines is 1. The second-order valence-corrected chi connectivity index (χ2v) is 5.23. The van der Waals surface area contributed by atoms with Crippen LogP contribution in [-0.2, 0) is 10.2 Å². The van der Waals surface area contributed by atoms with Crippen LogP contribution in [0.15, 0.2) is 18.2 Å². The second-order valence-electron chi connectivity index (χ2n) is 5.23. The lowest BCUT2D eigenvalue weighted by molar-refractivity contribution is -0.120. The molecule has 0 radical (unpaired) electrons. The Hall–Kier alpha value is -2.02. The fourth-order valence-electron chi connectivity index (χ4n) is 2.50. The van der Waals surface area contributed by atoms with Crippen molar-refractivity contribution < 1.29 is 9.53 Å². The van der Waals surface area contributed by atoms with Gasteiger partial charge in [-0.25, -0.2) is 0 Å². The van der Waals surface area contributed by atoms with Crippen LogP contribution in [0.1, 0.15) is 18.9 Å². The van der Waals surface area contributed by atoms with Crippen LogP contribution in [0.2, 0.25) is 0 Å². The van der Waals surface area contributed by atoms with Gasteiger partial charge in [-0.05, 0) is 24.1 Å². The van der Waals surface area contributed by atoms with Crippen LogP contribution in [0.4, 0.5) is 5.69 Å². The van der Waals surface area contributed by atoms with Crippen molar-refractivity contribution in [3.8, 4) is 11.8 Å². The average Bonchev–Trinajstić information content (AvgIpc) is 3.06. The van der Waals surface area contributed by atoms with Crippen molar-refractivity contribution in [1.82, 2.24) is 0 Å². The van der Waals surface area contributed by atoms with Crippen LogP contribution in [0.25, 0.3) is 0 Å². The minimum atomic E-state index is -0.0644.